The van der Waals surface area contributed by atoms with Gasteiger partial charge >= 0.3 is 12.1 Å². The van der Waals surface area contributed by atoms with E-state index in [1.54, 1.807) is 45.0 Å². The van der Waals surface area contributed by atoms with Crippen molar-refractivity contribution in [2.45, 2.75) is 26.4 Å². The molecule has 1 N–H and O–H groups in total. The summed E-state index contributed by atoms with van der Waals surface area (Å²) in [5.41, 5.74) is -0.0569. The molecule has 0 aliphatic rings. The smallest absolute Gasteiger partial charge is 0.411 e. The number of carbonyl (C=O) groups is 2. The first-order valence-electron chi connectivity index (χ1n) is 6.25. The molecule has 5 nitrogen and oxygen atoms in total. The van der Waals surface area contributed by atoms with Crippen molar-refractivity contribution >= 4 is 12.1 Å². The van der Waals surface area contributed by atoms with Gasteiger partial charge in [0.1, 0.15) is 12.2 Å². The van der Waals surface area contributed by atoms with Crippen LogP contribution in [-0.4, -0.2) is 24.3 Å². The third-order valence-corrected chi connectivity index (χ3v) is 2.04. The molecule has 1 rings (SSSR count). The monoisotopic (exact) mass is 277 g/mol. The first kappa shape index (κ1) is 15.8. The fourth-order valence-corrected chi connectivity index (χ4v) is 1.26. The molecule has 0 fully saturated rings. The largest absolute Gasteiger partial charge is 0.458 e. The molecule has 5 heteroatoms. The maximum atomic E-state index is 11.6. The zero-order chi connectivity index (χ0) is 15.0. The molecule has 1 amide bonds. The highest BCUT2D eigenvalue weighted by Crippen LogP contribution is 2.06. The van der Waals surface area contributed by atoms with E-state index in [2.05, 4.69) is 5.32 Å². The third-order valence-electron chi connectivity index (χ3n) is 2.04. The van der Waals surface area contributed by atoms with Crippen LogP contribution >= 0.6 is 0 Å². The summed E-state index contributed by atoms with van der Waals surface area (Å²) in [5.74, 6) is -0.410. The van der Waals surface area contributed by atoms with E-state index in [-0.39, 0.29) is 6.61 Å². The number of carbonyl (C=O) groups excluding carboxylic acids is 2. The second-order valence-electron chi connectivity index (χ2n) is 5.01. The molecular formula is C15H19NO4. The molecule has 108 valence electrons. The lowest BCUT2D eigenvalue weighted by Gasteiger charge is -2.18. The topological polar surface area (TPSA) is 64.6 Å². The predicted molar refractivity (Wildman–Crippen MR) is 75.2 cm³/mol. The van der Waals surface area contributed by atoms with Crippen LogP contribution in [-0.2, 0) is 9.47 Å². The Morgan fingerprint density at radius 1 is 1.20 bits per heavy atom. The second kappa shape index (κ2) is 7.33. The summed E-state index contributed by atoms with van der Waals surface area (Å²) < 4.78 is 10.0. The summed E-state index contributed by atoms with van der Waals surface area (Å²) in [4.78, 5) is 22.8. The van der Waals surface area contributed by atoms with Crippen molar-refractivity contribution in [3.63, 3.8) is 0 Å². The van der Waals surface area contributed by atoms with Gasteiger partial charge in [-0.05, 0) is 39.0 Å². The van der Waals surface area contributed by atoms with Crippen molar-refractivity contribution in [1.82, 2.24) is 5.32 Å². The molecule has 0 aliphatic heterocycles. The van der Waals surface area contributed by atoms with E-state index < -0.39 is 17.7 Å². The Labute approximate surface area is 118 Å². The van der Waals surface area contributed by atoms with Gasteiger partial charge in [0, 0.05) is 6.20 Å². The van der Waals surface area contributed by atoms with Crippen molar-refractivity contribution in [2.75, 3.05) is 6.61 Å². The number of rotatable bonds is 4. The highest BCUT2D eigenvalue weighted by atomic mass is 16.6. The molecule has 1 aromatic carbocycles. The zero-order valence-corrected chi connectivity index (χ0v) is 11.9. The molecule has 0 heterocycles. The van der Waals surface area contributed by atoms with Crippen LogP contribution in [0.3, 0.4) is 0 Å². The summed E-state index contributed by atoms with van der Waals surface area (Å²) in [6.45, 7) is 5.40. The number of hydrogen-bond acceptors (Lipinski definition) is 4. The van der Waals surface area contributed by atoms with Crippen molar-refractivity contribution < 1.29 is 19.1 Å². The minimum absolute atomic E-state index is 0.0729. The fourth-order valence-electron chi connectivity index (χ4n) is 1.26. The first-order valence-corrected chi connectivity index (χ1v) is 6.25. The zero-order valence-electron chi connectivity index (χ0n) is 11.9. The average molecular weight is 277 g/mol. The number of benzene rings is 1. The Balaban J connectivity index is 2.26. The normalized spacial score (nSPS) is 11.2. The highest BCUT2D eigenvalue weighted by Gasteiger charge is 2.14. The Hall–Kier alpha value is -2.30. The Kier molecular flexibility index (Phi) is 5.77. The van der Waals surface area contributed by atoms with Crippen LogP contribution in [0.1, 0.15) is 31.1 Å². The highest BCUT2D eigenvalue weighted by molar-refractivity contribution is 5.89. The number of esters is 1. The number of amides is 1. The van der Waals surface area contributed by atoms with E-state index in [0.29, 0.717) is 5.56 Å². The first-order chi connectivity index (χ1) is 9.38. The molecule has 20 heavy (non-hydrogen) atoms. The summed E-state index contributed by atoms with van der Waals surface area (Å²) in [5, 5.41) is 2.42. The van der Waals surface area contributed by atoms with Crippen molar-refractivity contribution in [2.24, 2.45) is 0 Å². The van der Waals surface area contributed by atoms with Gasteiger partial charge in [-0.3, -0.25) is 5.32 Å². The number of nitrogens with one attached hydrogen (secondary N) is 1. The van der Waals surface area contributed by atoms with Gasteiger partial charge < -0.3 is 9.47 Å². The SMILES string of the molecule is CC(C)(C)OC(=O)NC=CCOC(=O)c1ccccc1. The molecule has 0 bridgehead atoms. The van der Waals surface area contributed by atoms with Crippen LogP contribution in [0.15, 0.2) is 42.6 Å². The van der Waals surface area contributed by atoms with Crippen LogP contribution in [0, 0.1) is 0 Å². The minimum Gasteiger partial charge on any atom is -0.458 e. The van der Waals surface area contributed by atoms with E-state index in [1.165, 1.54) is 12.3 Å². The van der Waals surface area contributed by atoms with Gasteiger partial charge in [0.15, 0.2) is 0 Å². The van der Waals surface area contributed by atoms with E-state index in [1.807, 2.05) is 6.07 Å². The van der Waals surface area contributed by atoms with Gasteiger partial charge in [-0.2, -0.15) is 0 Å². The van der Waals surface area contributed by atoms with E-state index in [0.717, 1.165) is 0 Å². The Bertz CT molecular complexity index is 474. The number of ether oxygens (including phenoxy) is 2. The molecule has 0 unspecified atom stereocenters. The second-order valence-corrected chi connectivity index (χ2v) is 5.01. The van der Waals surface area contributed by atoms with E-state index >= 15 is 0 Å². The Morgan fingerprint density at radius 2 is 1.85 bits per heavy atom. The van der Waals surface area contributed by atoms with Gasteiger partial charge in [-0.15, -0.1) is 0 Å². The summed E-state index contributed by atoms with van der Waals surface area (Å²) in [6.07, 6.45) is 2.35. The van der Waals surface area contributed by atoms with Gasteiger partial charge in [0.25, 0.3) is 0 Å². The standard InChI is InChI=1S/C15H19NO4/c1-15(2,3)20-14(18)16-10-7-11-19-13(17)12-8-5-4-6-9-12/h4-10H,11H2,1-3H3,(H,16,18). The fraction of sp³-hybridized carbons (Fsp3) is 0.333. The van der Waals surface area contributed by atoms with Gasteiger partial charge in [-0.1, -0.05) is 18.2 Å². The van der Waals surface area contributed by atoms with Crippen molar-refractivity contribution in [3.05, 3.63) is 48.2 Å². The Morgan fingerprint density at radius 3 is 2.45 bits per heavy atom. The van der Waals surface area contributed by atoms with Gasteiger partial charge in [0.05, 0.1) is 5.56 Å². The molecule has 0 atom stereocenters. The average Bonchev–Trinajstić information content (AvgIpc) is 2.37. The lowest BCUT2D eigenvalue weighted by atomic mass is 10.2. The molecule has 0 saturated carbocycles. The van der Waals surface area contributed by atoms with E-state index in [9.17, 15) is 9.59 Å². The van der Waals surface area contributed by atoms with Crippen LogP contribution in [0.25, 0.3) is 0 Å². The van der Waals surface area contributed by atoms with Crippen LogP contribution < -0.4 is 5.32 Å². The third kappa shape index (κ3) is 6.58. The molecule has 0 aromatic heterocycles. The molecule has 0 aliphatic carbocycles. The van der Waals surface area contributed by atoms with Crippen LogP contribution in [0.4, 0.5) is 4.79 Å². The number of hydrogen-bond donors (Lipinski definition) is 1. The number of alkyl carbamates (subject to hydrolysis) is 1. The predicted octanol–water partition coefficient (Wildman–Crippen LogP) is 2.88. The van der Waals surface area contributed by atoms with Crippen LogP contribution in [0.5, 0.6) is 0 Å². The van der Waals surface area contributed by atoms with E-state index in [4.69, 9.17) is 9.47 Å². The molecule has 0 radical (unpaired) electrons. The maximum Gasteiger partial charge on any atom is 0.411 e. The van der Waals surface area contributed by atoms with Crippen LogP contribution in [0.2, 0.25) is 0 Å². The summed E-state index contributed by atoms with van der Waals surface area (Å²) in [6, 6.07) is 8.68. The van der Waals surface area contributed by atoms with Crippen molar-refractivity contribution in [1.29, 1.82) is 0 Å². The van der Waals surface area contributed by atoms with Crippen molar-refractivity contribution in [3.8, 4) is 0 Å². The molecule has 1 aromatic rings. The summed E-state index contributed by atoms with van der Waals surface area (Å²) in [7, 11) is 0. The summed E-state index contributed by atoms with van der Waals surface area (Å²) >= 11 is 0. The molecular weight excluding hydrogens is 258 g/mol. The molecule has 0 saturated heterocycles. The quantitative estimate of drug-likeness (QED) is 0.859. The van der Waals surface area contributed by atoms with Gasteiger partial charge in [0.2, 0.25) is 0 Å². The minimum atomic E-state index is -0.553. The maximum absolute atomic E-state index is 11.6. The lowest BCUT2D eigenvalue weighted by molar-refractivity contribution is 0.0549. The molecule has 0 spiro atoms. The van der Waals surface area contributed by atoms with Gasteiger partial charge in [-0.25, -0.2) is 9.59 Å². The lowest BCUT2D eigenvalue weighted by Crippen LogP contribution is -2.29.